The van der Waals surface area contributed by atoms with Gasteiger partial charge >= 0.3 is 0 Å². The van der Waals surface area contributed by atoms with E-state index < -0.39 is 0 Å². The minimum atomic E-state index is 0.370. The first-order valence-electron chi connectivity index (χ1n) is 10.2. The number of nitrogens with zero attached hydrogens (tertiary/aromatic N) is 3. The molecule has 0 bridgehead atoms. The lowest BCUT2D eigenvalue weighted by molar-refractivity contribution is 0.210. The van der Waals surface area contributed by atoms with Crippen LogP contribution in [0.3, 0.4) is 0 Å². The molecule has 1 fully saturated rings. The summed E-state index contributed by atoms with van der Waals surface area (Å²) in [5.41, 5.74) is 3.61. The highest BCUT2D eigenvalue weighted by molar-refractivity contribution is 7.98. The number of rotatable bonds is 8. The van der Waals surface area contributed by atoms with Crippen LogP contribution in [-0.4, -0.2) is 20.9 Å². The van der Waals surface area contributed by atoms with Gasteiger partial charge in [0, 0.05) is 17.9 Å². The van der Waals surface area contributed by atoms with Gasteiger partial charge in [0.15, 0.2) is 11.0 Å². The minimum Gasteiger partial charge on any atom is -0.490 e. The Kier molecular flexibility index (Phi) is 6.35. The highest BCUT2D eigenvalue weighted by Crippen LogP contribution is 2.29. The van der Waals surface area contributed by atoms with Crippen LogP contribution in [0.2, 0.25) is 0 Å². The van der Waals surface area contributed by atoms with Crippen LogP contribution in [0.25, 0.3) is 11.4 Å². The highest BCUT2D eigenvalue weighted by atomic mass is 32.2. The summed E-state index contributed by atoms with van der Waals surface area (Å²) in [7, 11) is 0. The Bertz CT molecular complexity index is 959. The molecule has 4 nitrogen and oxygen atoms in total. The summed E-state index contributed by atoms with van der Waals surface area (Å²) in [5.74, 6) is 2.67. The first-order chi connectivity index (χ1) is 14.2. The Morgan fingerprint density at radius 1 is 1.14 bits per heavy atom. The fraction of sp³-hybridized carbons (Fsp3) is 0.333. The molecule has 3 aromatic rings. The number of hydrogen-bond acceptors (Lipinski definition) is 4. The lowest BCUT2D eigenvalue weighted by atomic mass is 10.2. The van der Waals surface area contributed by atoms with Crippen molar-refractivity contribution < 1.29 is 4.74 Å². The molecule has 0 spiro atoms. The van der Waals surface area contributed by atoms with Crippen molar-refractivity contribution in [1.82, 2.24) is 14.8 Å². The number of allylic oxidation sites excluding steroid dienone is 1. The number of ether oxygens (including phenoxy) is 1. The van der Waals surface area contributed by atoms with E-state index >= 15 is 0 Å². The maximum absolute atomic E-state index is 6.08. The molecule has 1 aliphatic carbocycles. The largest absolute Gasteiger partial charge is 0.490 e. The van der Waals surface area contributed by atoms with Gasteiger partial charge in [0.2, 0.25) is 0 Å². The summed E-state index contributed by atoms with van der Waals surface area (Å²) < 4.78 is 8.21. The molecule has 0 saturated heterocycles. The molecule has 1 aromatic heterocycles. The third-order valence-corrected chi connectivity index (χ3v) is 6.23. The Morgan fingerprint density at radius 3 is 2.66 bits per heavy atom. The van der Waals surface area contributed by atoms with Crippen LogP contribution in [0.15, 0.2) is 66.3 Å². The molecule has 0 radical (unpaired) electrons. The molecule has 0 unspecified atom stereocenters. The maximum Gasteiger partial charge on any atom is 0.192 e. The maximum atomic E-state index is 6.08. The van der Waals surface area contributed by atoms with Gasteiger partial charge in [-0.05, 0) is 62.4 Å². The van der Waals surface area contributed by atoms with Crippen LogP contribution < -0.4 is 4.74 Å². The summed E-state index contributed by atoms with van der Waals surface area (Å²) in [5, 5.41) is 9.83. The molecule has 2 aromatic carbocycles. The molecule has 5 heteroatoms. The molecule has 0 atom stereocenters. The fourth-order valence-corrected chi connectivity index (χ4v) is 4.62. The Labute approximate surface area is 177 Å². The number of hydrogen-bond donors (Lipinski definition) is 0. The molecule has 0 N–H and O–H groups in total. The van der Waals surface area contributed by atoms with Gasteiger partial charge in [-0.25, -0.2) is 0 Å². The average molecular weight is 406 g/mol. The summed E-state index contributed by atoms with van der Waals surface area (Å²) in [4.78, 5) is 0. The quantitative estimate of drug-likeness (QED) is 0.338. The first kappa shape index (κ1) is 19.8. The molecule has 1 aliphatic rings. The average Bonchev–Trinajstić information content (AvgIpc) is 3.38. The van der Waals surface area contributed by atoms with Gasteiger partial charge in [0.1, 0.15) is 5.75 Å². The molecule has 29 heavy (non-hydrogen) atoms. The molecular weight excluding hydrogens is 378 g/mol. The van der Waals surface area contributed by atoms with E-state index in [1.165, 1.54) is 24.0 Å². The topological polar surface area (TPSA) is 39.9 Å². The van der Waals surface area contributed by atoms with Gasteiger partial charge in [0.25, 0.3) is 0 Å². The number of benzene rings is 2. The third kappa shape index (κ3) is 4.91. The summed E-state index contributed by atoms with van der Waals surface area (Å²) in [6.07, 6.45) is 7.14. The predicted molar refractivity (Wildman–Crippen MR) is 119 cm³/mol. The number of thioether (sulfide) groups is 1. The van der Waals surface area contributed by atoms with Crippen LogP contribution in [0.4, 0.5) is 0 Å². The molecule has 150 valence electrons. The zero-order valence-corrected chi connectivity index (χ0v) is 17.7. The minimum absolute atomic E-state index is 0.370. The number of aromatic nitrogens is 3. The molecular formula is C24H27N3OS. The number of aryl methyl sites for hydroxylation is 1. The van der Waals surface area contributed by atoms with Gasteiger partial charge in [-0.3, -0.25) is 4.57 Å². The SMILES string of the molecule is C=CCn1c(SCc2cccc(C)c2)nnc1-c1ccc(OC2CCCC2)cc1. The van der Waals surface area contributed by atoms with E-state index in [1.807, 2.05) is 18.2 Å². The van der Waals surface area contributed by atoms with Gasteiger partial charge in [-0.15, -0.1) is 16.8 Å². The second-order valence-electron chi connectivity index (χ2n) is 7.53. The molecule has 0 aliphatic heterocycles. The van der Waals surface area contributed by atoms with Crippen molar-refractivity contribution in [1.29, 1.82) is 0 Å². The van der Waals surface area contributed by atoms with Crippen molar-refractivity contribution in [3.05, 3.63) is 72.3 Å². The van der Waals surface area contributed by atoms with E-state index in [4.69, 9.17) is 4.74 Å². The molecule has 4 rings (SSSR count). The van der Waals surface area contributed by atoms with Gasteiger partial charge in [-0.1, -0.05) is 47.7 Å². The van der Waals surface area contributed by atoms with Crippen LogP contribution >= 0.6 is 11.8 Å². The van der Waals surface area contributed by atoms with Crippen molar-refractivity contribution in [3.63, 3.8) is 0 Å². The van der Waals surface area contributed by atoms with Gasteiger partial charge in [-0.2, -0.15) is 0 Å². The van der Waals surface area contributed by atoms with Crippen LogP contribution in [0, 0.1) is 6.92 Å². The second kappa shape index (κ2) is 9.31. The van der Waals surface area contributed by atoms with E-state index in [9.17, 15) is 0 Å². The summed E-state index contributed by atoms with van der Waals surface area (Å²) in [6.45, 7) is 6.70. The smallest absolute Gasteiger partial charge is 0.192 e. The Hall–Kier alpha value is -2.53. The molecule has 1 heterocycles. The van der Waals surface area contributed by atoms with Crippen molar-refractivity contribution in [2.75, 3.05) is 0 Å². The zero-order chi connectivity index (χ0) is 20.1. The monoisotopic (exact) mass is 405 g/mol. The normalized spacial score (nSPS) is 14.2. The van der Waals surface area contributed by atoms with E-state index in [2.05, 4.69) is 64.7 Å². The van der Waals surface area contributed by atoms with Crippen molar-refractivity contribution in [3.8, 4) is 17.1 Å². The lowest BCUT2D eigenvalue weighted by Crippen LogP contribution is -2.10. The summed E-state index contributed by atoms with van der Waals surface area (Å²) >= 11 is 1.71. The molecule has 1 saturated carbocycles. The van der Waals surface area contributed by atoms with E-state index in [-0.39, 0.29) is 0 Å². The molecule has 0 amide bonds. The van der Waals surface area contributed by atoms with Crippen LogP contribution in [0.1, 0.15) is 36.8 Å². The van der Waals surface area contributed by atoms with E-state index in [1.54, 1.807) is 11.8 Å². The highest BCUT2D eigenvalue weighted by Gasteiger charge is 2.17. The van der Waals surface area contributed by atoms with Gasteiger partial charge in [0.05, 0.1) is 6.10 Å². The first-order valence-corrected chi connectivity index (χ1v) is 11.2. The van der Waals surface area contributed by atoms with Crippen molar-refractivity contribution in [2.45, 2.75) is 56.2 Å². The third-order valence-electron chi connectivity index (χ3n) is 5.20. The van der Waals surface area contributed by atoms with E-state index in [0.29, 0.717) is 12.6 Å². The predicted octanol–water partition coefficient (Wildman–Crippen LogP) is 6.05. The second-order valence-corrected chi connectivity index (χ2v) is 8.47. The van der Waals surface area contributed by atoms with Crippen LogP contribution in [-0.2, 0) is 12.3 Å². The summed E-state index contributed by atoms with van der Waals surface area (Å²) in [6, 6.07) is 16.8. The zero-order valence-electron chi connectivity index (χ0n) is 16.9. The van der Waals surface area contributed by atoms with Crippen molar-refractivity contribution >= 4 is 11.8 Å². The van der Waals surface area contributed by atoms with Crippen molar-refractivity contribution in [2.24, 2.45) is 0 Å². The Balaban J connectivity index is 1.50. The fourth-order valence-electron chi connectivity index (χ4n) is 3.73. The van der Waals surface area contributed by atoms with E-state index in [0.717, 1.165) is 40.9 Å². The standard InChI is InChI=1S/C24H27N3OS/c1-3-15-27-23(20-11-13-22(14-12-20)28-21-9-4-5-10-21)25-26-24(27)29-17-19-8-6-7-18(2)16-19/h3,6-8,11-14,16,21H,1,4-5,9-10,15,17H2,2H3. The van der Waals surface area contributed by atoms with Crippen LogP contribution in [0.5, 0.6) is 5.75 Å². The van der Waals surface area contributed by atoms with Gasteiger partial charge < -0.3 is 4.74 Å². The lowest BCUT2D eigenvalue weighted by Gasteiger charge is -2.13. The Morgan fingerprint density at radius 2 is 1.93 bits per heavy atom.